The molecule has 0 spiro atoms. The first-order chi connectivity index (χ1) is 10.6. The first kappa shape index (κ1) is 22.6. The number of hydrogen-bond donors (Lipinski definition) is 5. The second kappa shape index (κ2) is 9.77. The molecule has 0 fully saturated rings. The molecule has 0 radical (unpaired) electrons. The fourth-order valence-electron chi connectivity index (χ4n) is 2.57. The first-order valence-electron chi connectivity index (χ1n) is 7.22. The Labute approximate surface area is 136 Å². The molecular formula is C12H26BNO8S. The third kappa shape index (κ3) is 6.53. The summed E-state index contributed by atoms with van der Waals surface area (Å²) in [6.07, 6.45) is -3.74. The number of aliphatic hydroxyl groups is 5. The zero-order valence-electron chi connectivity index (χ0n) is 13.4. The molecule has 0 aromatic heterocycles. The molecule has 0 saturated heterocycles. The third-order valence-corrected chi connectivity index (χ3v) is 4.64. The van der Waals surface area contributed by atoms with Gasteiger partial charge in [0.25, 0.3) is 0 Å². The quantitative estimate of drug-likeness (QED) is 0.183. The molecule has 5 N–H and O–H groups in total. The second-order valence-electron chi connectivity index (χ2n) is 5.96. The SMILES string of the molecule is CC(C)CC(CO)(CO)N(CCO)C(O)C(O)CS(=O)(=O)B=O. The van der Waals surface area contributed by atoms with Gasteiger partial charge in [-0.1, -0.05) is 0 Å². The van der Waals surface area contributed by atoms with Crippen molar-refractivity contribution in [1.82, 2.24) is 4.90 Å². The topological polar surface area (TPSA) is 156 Å². The van der Waals surface area contributed by atoms with Gasteiger partial charge in [-0.3, -0.25) is 0 Å². The van der Waals surface area contributed by atoms with E-state index in [1.54, 1.807) is 0 Å². The fraction of sp³-hybridized carbons (Fsp3) is 1.00. The standard InChI is InChI=1S/C12H26BNO8S/c1-9(2)5-12(7-16,8-17)14(3-4-15)11(19)10(18)6-23(21,22)13-20/h9-11,15-19H,3-8H2,1-2H3. The van der Waals surface area contributed by atoms with Crippen LogP contribution in [0.15, 0.2) is 0 Å². The van der Waals surface area contributed by atoms with E-state index in [1.807, 2.05) is 13.8 Å². The van der Waals surface area contributed by atoms with E-state index in [1.165, 1.54) is 0 Å². The molecular weight excluding hydrogens is 329 g/mol. The molecule has 0 bridgehead atoms. The molecule has 0 heterocycles. The summed E-state index contributed by atoms with van der Waals surface area (Å²) in [6, 6.07) is 0. The number of nitrogens with zero attached hydrogens (tertiary/aromatic N) is 1. The van der Waals surface area contributed by atoms with Crippen LogP contribution in [0.4, 0.5) is 0 Å². The molecule has 9 nitrogen and oxygen atoms in total. The Morgan fingerprint density at radius 1 is 1.13 bits per heavy atom. The molecule has 0 aliphatic heterocycles. The zero-order valence-corrected chi connectivity index (χ0v) is 14.2. The van der Waals surface area contributed by atoms with Crippen molar-refractivity contribution in [3.05, 3.63) is 0 Å². The van der Waals surface area contributed by atoms with Crippen LogP contribution in [0.1, 0.15) is 20.3 Å². The molecule has 136 valence electrons. The van der Waals surface area contributed by atoms with Crippen LogP contribution in [-0.2, 0) is 14.4 Å². The summed E-state index contributed by atoms with van der Waals surface area (Å²) in [5.74, 6) is -1.01. The molecule has 0 aromatic rings. The van der Waals surface area contributed by atoms with Crippen LogP contribution in [0, 0.1) is 5.92 Å². The van der Waals surface area contributed by atoms with Crippen molar-refractivity contribution in [1.29, 1.82) is 0 Å². The van der Waals surface area contributed by atoms with Crippen LogP contribution < -0.4 is 0 Å². The van der Waals surface area contributed by atoms with Crippen molar-refractivity contribution in [2.75, 3.05) is 32.1 Å². The van der Waals surface area contributed by atoms with Crippen molar-refractivity contribution in [2.45, 2.75) is 38.1 Å². The van der Waals surface area contributed by atoms with Crippen LogP contribution in [-0.4, -0.2) is 95.3 Å². The van der Waals surface area contributed by atoms with Crippen molar-refractivity contribution >= 4 is 16.1 Å². The summed E-state index contributed by atoms with van der Waals surface area (Å²) in [4.78, 5) is 1.07. The zero-order chi connectivity index (χ0) is 18.3. The fourth-order valence-corrected chi connectivity index (χ4v) is 3.29. The molecule has 2 atom stereocenters. The van der Waals surface area contributed by atoms with Gasteiger partial charge in [-0.15, -0.1) is 0 Å². The minimum absolute atomic E-state index is 0.00135. The van der Waals surface area contributed by atoms with E-state index in [0.717, 1.165) is 4.90 Å². The van der Waals surface area contributed by atoms with E-state index in [2.05, 4.69) is 0 Å². The monoisotopic (exact) mass is 355 g/mol. The van der Waals surface area contributed by atoms with Crippen molar-refractivity contribution in [2.24, 2.45) is 5.92 Å². The van der Waals surface area contributed by atoms with E-state index >= 15 is 0 Å². The van der Waals surface area contributed by atoms with Gasteiger partial charge in [0, 0.05) is 0 Å². The molecule has 11 heteroatoms. The summed E-state index contributed by atoms with van der Waals surface area (Å²) in [7, 11) is -4.20. The van der Waals surface area contributed by atoms with Gasteiger partial charge >= 0.3 is 136 Å². The van der Waals surface area contributed by atoms with E-state index < -0.39 is 53.1 Å². The van der Waals surface area contributed by atoms with Crippen molar-refractivity contribution < 1.29 is 38.7 Å². The van der Waals surface area contributed by atoms with Gasteiger partial charge in [0.05, 0.1) is 0 Å². The molecule has 0 aliphatic rings. The molecule has 0 amide bonds. The number of β-amino-alcohol motifs (C(OH)–C–C–N with tert-alkyl or cyclic N) is 1. The summed E-state index contributed by atoms with van der Waals surface area (Å²) in [5.41, 5.74) is -1.36. The van der Waals surface area contributed by atoms with Gasteiger partial charge in [-0.05, 0) is 0 Å². The second-order valence-corrected chi connectivity index (χ2v) is 7.81. The average molecular weight is 355 g/mol. The number of hydrogen-bond acceptors (Lipinski definition) is 9. The Bertz CT molecular complexity index is 454. The van der Waals surface area contributed by atoms with Gasteiger partial charge in [0.2, 0.25) is 0 Å². The number of rotatable bonds is 12. The first-order valence-corrected chi connectivity index (χ1v) is 8.94. The maximum atomic E-state index is 11.3. The van der Waals surface area contributed by atoms with Gasteiger partial charge in [-0.25, -0.2) is 0 Å². The average Bonchev–Trinajstić information content (AvgIpc) is 2.49. The van der Waals surface area contributed by atoms with Crippen LogP contribution in [0.5, 0.6) is 0 Å². The Hall–Kier alpha value is -0.425. The molecule has 2 unspecified atom stereocenters. The Morgan fingerprint density at radius 2 is 1.65 bits per heavy atom. The Balaban J connectivity index is 5.51. The van der Waals surface area contributed by atoms with E-state index in [9.17, 15) is 33.5 Å². The molecule has 0 rings (SSSR count). The van der Waals surface area contributed by atoms with Gasteiger partial charge in [0.15, 0.2) is 0 Å². The maximum absolute atomic E-state index is 11.3. The van der Waals surface area contributed by atoms with E-state index in [4.69, 9.17) is 5.11 Å². The minimum atomic E-state index is -4.20. The summed E-state index contributed by atoms with van der Waals surface area (Å²) >= 11 is 0. The van der Waals surface area contributed by atoms with Gasteiger partial charge in [-0.2, -0.15) is 0 Å². The number of aliphatic hydroxyl groups excluding tert-OH is 5. The van der Waals surface area contributed by atoms with Gasteiger partial charge < -0.3 is 0 Å². The Morgan fingerprint density at radius 3 is 2.00 bits per heavy atom. The molecule has 0 aliphatic carbocycles. The van der Waals surface area contributed by atoms with E-state index in [0.29, 0.717) is 0 Å². The van der Waals surface area contributed by atoms with Crippen LogP contribution in [0.2, 0.25) is 0 Å². The van der Waals surface area contributed by atoms with Crippen molar-refractivity contribution in [3.8, 4) is 0 Å². The van der Waals surface area contributed by atoms with Crippen LogP contribution in [0.25, 0.3) is 0 Å². The molecule has 0 aromatic carbocycles. The Kier molecular flexibility index (Phi) is 9.59. The molecule has 23 heavy (non-hydrogen) atoms. The van der Waals surface area contributed by atoms with Gasteiger partial charge in [0.1, 0.15) is 0 Å². The van der Waals surface area contributed by atoms with Crippen molar-refractivity contribution in [3.63, 3.8) is 0 Å². The normalized spacial score (nSPS) is 15.7. The third-order valence-electron chi connectivity index (χ3n) is 3.54. The predicted molar refractivity (Wildman–Crippen MR) is 82.4 cm³/mol. The van der Waals surface area contributed by atoms with Crippen LogP contribution in [0.3, 0.4) is 0 Å². The predicted octanol–water partition coefficient (Wildman–Crippen LogP) is -2.89. The van der Waals surface area contributed by atoms with Crippen LogP contribution >= 0.6 is 0 Å². The summed E-state index contributed by atoms with van der Waals surface area (Å²) in [5, 5.41) is 48.7. The summed E-state index contributed by atoms with van der Waals surface area (Å²) in [6.45, 7) is 1.81. The molecule has 0 saturated carbocycles. The van der Waals surface area contributed by atoms with E-state index in [-0.39, 0.29) is 25.3 Å². The summed E-state index contributed by atoms with van der Waals surface area (Å²) < 4.78 is 32.9.